The van der Waals surface area contributed by atoms with E-state index in [-0.39, 0.29) is 11.4 Å². The molecular weight excluding hydrogens is 281 g/mol. The van der Waals surface area contributed by atoms with E-state index in [4.69, 9.17) is 0 Å². The number of hydrogen-bond donors (Lipinski definition) is 0. The average Bonchev–Trinajstić information content (AvgIpc) is 2.25. The topological polar surface area (TPSA) is 12.4 Å². The molecule has 1 aromatic carbocycles. The summed E-state index contributed by atoms with van der Waals surface area (Å²) in [6, 6.07) is 3.58. The molecule has 1 rings (SSSR count). The Kier molecular flexibility index (Phi) is 6.61. The van der Waals surface area contributed by atoms with E-state index in [0.29, 0.717) is 10.0 Å². The summed E-state index contributed by atoms with van der Waals surface area (Å²) in [7, 11) is 0. The van der Waals surface area contributed by atoms with Gasteiger partial charge >= 0.3 is 0 Å². The Hall–Kier alpha value is -0.700. The van der Waals surface area contributed by atoms with Gasteiger partial charge in [-0.25, -0.2) is 4.39 Å². The van der Waals surface area contributed by atoms with E-state index < -0.39 is 0 Å². The van der Waals surface area contributed by atoms with Gasteiger partial charge in [0.15, 0.2) is 0 Å². The molecule has 0 saturated heterocycles. The van der Waals surface area contributed by atoms with Gasteiger partial charge in [-0.2, -0.15) is 0 Å². The number of rotatable bonds is 1. The lowest BCUT2D eigenvalue weighted by Crippen LogP contribution is -2.10. The van der Waals surface area contributed by atoms with Crippen LogP contribution in [0.2, 0.25) is 0 Å². The lowest BCUT2D eigenvalue weighted by atomic mass is 10.1. The first kappa shape index (κ1) is 16.3. The molecule has 3 heteroatoms. The average molecular weight is 302 g/mol. The number of benzene rings is 1. The molecule has 0 atom stereocenters. The van der Waals surface area contributed by atoms with E-state index in [1.807, 2.05) is 47.6 Å². The molecule has 0 amide bonds. The Morgan fingerprint density at radius 1 is 1.24 bits per heavy atom. The second-order valence-electron chi connectivity index (χ2n) is 4.52. The van der Waals surface area contributed by atoms with Crippen molar-refractivity contribution in [2.75, 3.05) is 0 Å². The fourth-order valence-electron chi connectivity index (χ4n) is 1.08. The number of hydrogen-bond acceptors (Lipinski definition) is 1. The largest absolute Gasteiger partial charge is 0.287 e. The highest BCUT2D eigenvalue weighted by Gasteiger charge is 2.10. The summed E-state index contributed by atoms with van der Waals surface area (Å²) < 4.78 is 14.2. The highest BCUT2D eigenvalue weighted by Crippen LogP contribution is 2.21. The number of aryl methyl sites for hydroxylation is 1. The summed E-state index contributed by atoms with van der Waals surface area (Å²) in [4.78, 5) is 4.30. The predicted molar refractivity (Wildman–Crippen MR) is 77.5 cm³/mol. The molecule has 1 nitrogen and oxygen atoms in total. The van der Waals surface area contributed by atoms with Crippen LogP contribution in [0.5, 0.6) is 0 Å². The van der Waals surface area contributed by atoms with Crippen LogP contribution in [0.15, 0.2) is 21.6 Å². The summed E-state index contributed by atoms with van der Waals surface area (Å²) in [5.41, 5.74) is 1.27. The van der Waals surface area contributed by atoms with Crippen molar-refractivity contribution in [3.8, 4) is 0 Å². The van der Waals surface area contributed by atoms with Gasteiger partial charge in [0.05, 0.1) is 10.0 Å². The van der Waals surface area contributed by atoms with E-state index in [1.165, 1.54) is 0 Å². The van der Waals surface area contributed by atoms with Crippen LogP contribution in [0.4, 0.5) is 4.39 Å². The van der Waals surface area contributed by atoms with E-state index in [9.17, 15) is 4.39 Å². The molecule has 0 saturated carbocycles. The summed E-state index contributed by atoms with van der Waals surface area (Å²) in [5, 5.41) is 0. The number of nitrogens with zero attached hydrogens (tertiary/aromatic N) is 1. The van der Waals surface area contributed by atoms with E-state index in [1.54, 1.807) is 12.3 Å². The summed E-state index contributed by atoms with van der Waals surface area (Å²) in [6.07, 6.45) is 1.61. The van der Waals surface area contributed by atoms with E-state index >= 15 is 0 Å². The molecule has 0 bridgehead atoms. The third kappa shape index (κ3) is 5.44. The Morgan fingerprint density at radius 2 is 1.76 bits per heavy atom. The normalized spacial score (nSPS) is 11.3. The molecule has 96 valence electrons. The second-order valence-corrected chi connectivity index (χ2v) is 5.38. The molecule has 0 heterocycles. The van der Waals surface area contributed by atoms with Crippen LogP contribution in [0.1, 0.15) is 45.7 Å². The monoisotopic (exact) mass is 301 g/mol. The molecule has 0 spiro atoms. The van der Waals surface area contributed by atoms with Gasteiger partial charge in [0.1, 0.15) is 5.82 Å². The van der Waals surface area contributed by atoms with Crippen LogP contribution in [0, 0.1) is 12.7 Å². The van der Waals surface area contributed by atoms with Crippen molar-refractivity contribution in [2.24, 2.45) is 4.99 Å². The molecule has 0 unspecified atom stereocenters. The third-order valence-electron chi connectivity index (χ3n) is 1.93. The molecule has 0 aliphatic carbocycles. The number of aliphatic imine (C=N–C) groups is 1. The first-order valence-corrected chi connectivity index (χ1v) is 6.60. The third-order valence-corrected chi connectivity index (χ3v) is 2.54. The lowest BCUT2D eigenvalue weighted by Gasteiger charge is -2.12. The predicted octanol–water partition coefficient (Wildman–Crippen LogP) is 5.14. The van der Waals surface area contributed by atoms with Gasteiger partial charge in [-0.1, -0.05) is 19.9 Å². The van der Waals surface area contributed by atoms with Gasteiger partial charge in [0.25, 0.3) is 0 Å². The molecule has 0 aromatic heterocycles. The lowest BCUT2D eigenvalue weighted by molar-refractivity contribution is 0.584. The molecule has 0 fully saturated rings. The zero-order chi connectivity index (χ0) is 13.6. The Morgan fingerprint density at radius 3 is 2.24 bits per heavy atom. The van der Waals surface area contributed by atoms with Crippen LogP contribution >= 0.6 is 15.9 Å². The van der Waals surface area contributed by atoms with Crippen molar-refractivity contribution in [1.29, 1.82) is 0 Å². The zero-order valence-corrected chi connectivity index (χ0v) is 13.0. The highest BCUT2D eigenvalue weighted by atomic mass is 79.9. The van der Waals surface area contributed by atoms with Gasteiger partial charge in [0, 0.05) is 11.8 Å². The maximum Gasteiger partial charge on any atom is 0.146 e. The summed E-state index contributed by atoms with van der Waals surface area (Å²) >= 11 is 3.16. The Bertz CT molecular complexity index is 392. The van der Waals surface area contributed by atoms with Crippen LogP contribution < -0.4 is 0 Å². The quantitative estimate of drug-likeness (QED) is 0.637. The maximum atomic E-state index is 13.7. The van der Waals surface area contributed by atoms with Gasteiger partial charge in [-0.3, -0.25) is 4.99 Å². The van der Waals surface area contributed by atoms with Crippen molar-refractivity contribution >= 4 is 22.1 Å². The van der Waals surface area contributed by atoms with Crippen LogP contribution in [0.3, 0.4) is 0 Å². The minimum absolute atomic E-state index is 0.179. The van der Waals surface area contributed by atoms with Gasteiger partial charge in [0.2, 0.25) is 0 Å². The summed E-state index contributed by atoms with van der Waals surface area (Å²) in [5.74, 6) is -0.247. The van der Waals surface area contributed by atoms with Crippen LogP contribution in [-0.4, -0.2) is 11.8 Å². The van der Waals surface area contributed by atoms with Crippen LogP contribution in [-0.2, 0) is 0 Å². The zero-order valence-electron chi connectivity index (χ0n) is 11.4. The fraction of sp³-hybridized carbons (Fsp3) is 0.500. The Labute approximate surface area is 112 Å². The smallest absolute Gasteiger partial charge is 0.146 e. The van der Waals surface area contributed by atoms with Crippen molar-refractivity contribution in [2.45, 2.75) is 47.1 Å². The maximum absolute atomic E-state index is 13.7. The van der Waals surface area contributed by atoms with Gasteiger partial charge in [-0.15, -0.1) is 0 Å². The summed E-state index contributed by atoms with van der Waals surface area (Å²) in [6.45, 7) is 11.8. The van der Waals surface area contributed by atoms with Crippen molar-refractivity contribution in [1.82, 2.24) is 0 Å². The second kappa shape index (κ2) is 6.90. The van der Waals surface area contributed by atoms with Crippen molar-refractivity contribution < 1.29 is 4.39 Å². The molecule has 0 N–H and O–H groups in total. The SMILES string of the molecule is CC.Cc1ccc(Br)c(F)c1C=NC(C)(C)C. The molecule has 0 aliphatic rings. The first-order chi connectivity index (χ1) is 7.81. The Balaban J connectivity index is 0.00000121. The number of halogens is 2. The molecule has 17 heavy (non-hydrogen) atoms. The molecule has 0 radical (unpaired) electrons. The molecule has 0 aliphatic heterocycles. The van der Waals surface area contributed by atoms with Crippen molar-refractivity contribution in [3.05, 3.63) is 33.5 Å². The minimum atomic E-state index is -0.247. The van der Waals surface area contributed by atoms with Gasteiger partial charge < -0.3 is 0 Å². The molecule has 1 aromatic rings. The van der Waals surface area contributed by atoms with Crippen molar-refractivity contribution in [3.63, 3.8) is 0 Å². The van der Waals surface area contributed by atoms with E-state index in [0.717, 1.165) is 5.56 Å². The standard InChI is InChI=1S/C12H15BrFN.C2H6/c1-8-5-6-10(13)11(14)9(8)7-15-12(2,3)4;1-2/h5-7H,1-4H3;1-2H3. The first-order valence-electron chi connectivity index (χ1n) is 5.81. The van der Waals surface area contributed by atoms with Crippen LogP contribution in [0.25, 0.3) is 0 Å². The van der Waals surface area contributed by atoms with E-state index in [2.05, 4.69) is 20.9 Å². The highest BCUT2D eigenvalue weighted by molar-refractivity contribution is 9.10. The fourth-order valence-corrected chi connectivity index (χ4v) is 1.43. The van der Waals surface area contributed by atoms with Gasteiger partial charge in [-0.05, 0) is 55.3 Å². The minimum Gasteiger partial charge on any atom is -0.287 e. The molecular formula is C14H21BrFN.